The highest BCUT2D eigenvalue weighted by Gasteiger charge is 2.53. The number of carbonyl (C=O) groups is 2. The van der Waals surface area contributed by atoms with E-state index in [1.165, 1.54) is 12.1 Å². The summed E-state index contributed by atoms with van der Waals surface area (Å²) in [7, 11) is 0. The van der Waals surface area contributed by atoms with E-state index in [1.807, 2.05) is 0 Å². The van der Waals surface area contributed by atoms with Gasteiger partial charge in [-0.2, -0.15) is 5.26 Å². The monoisotopic (exact) mass is 506 g/mol. The van der Waals surface area contributed by atoms with Gasteiger partial charge >= 0.3 is 11.9 Å². The highest BCUT2D eigenvalue weighted by atomic mass is 19.1. The van der Waals surface area contributed by atoms with Gasteiger partial charge in [0.25, 0.3) is 0 Å². The second-order valence-electron chi connectivity index (χ2n) is 10.2. The van der Waals surface area contributed by atoms with Crippen molar-refractivity contribution < 1.29 is 39.1 Å². The Morgan fingerprint density at radius 2 is 1.92 bits per heavy atom. The molecule has 0 saturated heterocycles. The molecule has 0 radical (unpaired) electrons. The molecule has 2 fully saturated rings. The maximum atomic E-state index is 13.5. The van der Waals surface area contributed by atoms with Crippen LogP contribution in [0.3, 0.4) is 0 Å². The van der Waals surface area contributed by atoms with E-state index in [4.69, 9.17) is 9.84 Å². The van der Waals surface area contributed by atoms with Crippen LogP contribution in [0.25, 0.3) is 0 Å². The number of unbranched alkanes of at least 4 members (excludes halogenated alkanes) is 2. The first-order valence-electron chi connectivity index (χ1n) is 13.1. The van der Waals surface area contributed by atoms with Crippen molar-refractivity contribution in [2.24, 2.45) is 23.7 Å². The van der Waals surface area contributed by atoms with Crippen molar-refractivity contribution in [3.63, 3.8) is 0 Å². The van der Waals surface area contributed by atoms with Gasteiger partial charge in [-0.3, -0.25) is 4.79 Å². The van der Waals surface area contributed by atoms with E-state index in [-0.39, 0.29) is 48.9 Å². The van der Waals surface area contributed by atoms with Crippen molar-refractivity contribution in [2.75, 3.05) is 6.61 Å². The summed E-state index contributed by atoms with van der Waals surface area (Å²) in [6.45, 7) is 1.96. The second-order valence-corrected chi connectivity index (χ2v) is 10.2. The molecule has 5 unspecified atom stereocenters. The average molecular weight is 507 g/mol. The van der Waals surface area contributed by atoms with Crippen LogP contribution in [0.2, 0.25) is 0 Å². The Bertz CT molecular complexity index is 871. The Hall–Kier alpha value is -2.29. The molecule has 0 aromatic heterocycles. The third-order valence-electron chi connectivity index (χ3n) is 7.99. The molecule has 0 heterocycles. The van der Waals surface area contributed by atoms with Crippen LogP contribution in [0.15, 0.2) is 36.4 Å². The van der Waals surface area contributed by atoms with Gasteiger partial charge in [0.15, 0.2) is 0 Å². The van der Waals surface area contributed by atoms with Crippen LogP contribution in [0.1, 0.15) is 76.2 Å². The predicted octanol–water partition coefficient (Wildman–Crippen LogP) is 4.77. The zero-order chi connectivity index (χ0) is 26.1. The Kier molecular flexibility index (Phi) is 10.9. The third kappa shape index (κ3) is 7.14. The van der Waals surface area contributed by atoms with Crippen LogP contribution in [-0.2, 0) is 19.2 Å². The third-order valence-corrected chi connectivity index (χ3v) is 7.99. The molecule has 36 heavy (non-hydrogen) atoms. The van der Waals surface area contributed by atoms with Gasteiger partial charge in [-0.05, 0) is 79.9 Å². The zero-order valence-electron chi connectivity index (χ0n) is 20.9. The number of ether oxygens (including phenoxy) is 1. The molecule has 3 rings (SSSR count). The summed E-state index contributed by atoms with van der Waals surface area (Å²) < 4.78 is 19.2. The number of carbonyl (C=O) groups excluding carboxylic acids is 2. The smallest absolute Gasteiger partial charge is 0.346 e. The predicted molar refractivity (Wildman–Crippen MR) is 131 cm³/mol. The van der Waals surface area contributed by atoms with E-state index in [1.54, 1.807) is 24.3 Å². The number of rotatable bonds is 13. The van der Waals surface area contributed by atoms with Crippen molar-refractivity contribution in [1.82, 2.24) is 0 Å². The maximum Gasteiger partial charge on any atom is 0.346 e. The number of hydrogen-bond acceptors (Lipinski definition) is 7. The molecule has 3 N–H and O–H groups in total. The van der Waals surface area contributed by atoms with Crippen molar-refractivity contribution in [3.8, 4) is 0 Å². The van der Waals surface area contributed by atoms with E-state index in [9.17, 15) is 24.3 Å². The number of hydrogen-bond donors (Lipinski definition) is 3. The minimum absolute atomic E-state index is 0.0963. The Morgan fingerprint density at radius 3 is 2.58 bits per heavy atom. The van der Waals surface area contributed by atoms with Gasteiger partial charge in [0.1, 0.15) is 11.9 Å². The van der Waals surface area contributed by atoms with E-state index in [0.29, 0.717) is 12.8 Å². The van der Waals surface area contributed by atoms with Gasteiger partial charge < -0.3 is 19.8 Å². The summed E-state index contributed by atoms with van der Waals surface area (Å²) >= 11 is 0. The molecule has 7 atom stereocenters. The van der Waals surface area contributed by atoms with Gasteiger partial charge in [-0.15, -0.1) is 0 Å². The summed E-state index contributed by atoms with van der Waals surface area (Å²) in [5.74, 6) is -2.42. The summed E-state index contributed by atoms with van der Waals surface area (Å²) in [5, 5.41) is 28.8. The first-order chi connectivity index (χ1) is 17.4. The van der Waals surface area contributed by atoms with Crippen molar-refractivity contribution in [1.29, 1.82) is 0 Å². The summed E-state index contributed by atoms with van der Waals surface area (Å²) in [6, 6.07) is 6.06. The van der Waals surface area contributed by atoms with Gasteiger partial charge in [-0.25, -0.2) is 9.18 Å². The van der Waals surface area contributed by atoms with E-state index < -0.39 is 30.1 Å². The van der Waals surface area contributed by atoms with Crippen LogP contribution in [0.5, 0.6) is 0 Å². The second kappa shape index (κ2) is 13.9. The fourth-order valence-corrected chi connectivity index (χ4v) is 6.26. The Balaban J connectivity index is 1.70. The molecule has 0 spiro atoms. The van der Waals surface area contributed by atoms with E-state index in [0.717, 1.165) is 37.7 Å². The topological polar surface area (TPSA) is 113 Å². The molecular weight excluding hydrogens is 467 g/mol. The molecule has 2 aliphatic carbocycles. The normalized spacial score (nSPS) is 27.1. The standard InChI is InChI=1S/C28H39FO7/c1-2-3-4-8-25(24(31)7-5-6-15-30)35-26(32)17-22-19-11-14-21(22)27(28(33)36-34)23(16-19)18-9-12-20(29)13-10-18/h5-6,9-10,12-13,19,21-25,27,30-31,34H,2-4,7-8,11,14-17H2,1H3/b6-5-/t19?,21?,22?,23?,24-,25+,27?/m0/s1. The van der Waals surface area contributed by atoms with Gasteiger partial charge in [0.05, 0.1) is 18.6 Å². The SMILES string of the molecule is CCCCC[C@@H](OC(=O)CC1C2CCC1C(C(=O)OO)C(c1ccc(F)cc1)C2)[C@@H](O)C/C=C\CO. The summed E-state index contributed by atoms with van der Waals surface area (Å²) in [5.41, 5.74) is 0.819. The number of benzene rings is 1. The Morgan fingerprint density at radius 1 is 1.17 bits per heavy atom. The van der Waals surface area contributed by atoms with Gasteiger partial charge in [0.2, 0.25) is 0 Å². The molecule has 2 aliphatic rings. The number of aliphatic hydroxyl groups is 2. The van der Waals surface area contributed by atoms with Crippen LogP contribution >= 0.6 is 0 Å². The quantitative estimate of drug-likeness (QED) is 0.116. The number of esters is 1. The maximum absolute atomic E-state index is 13.5. The molecule has 2 bridgehead atoms. The molecule has 0 amide bonds. The molecule has 0 aliphatic heterocycles. The molecule has 1 aromatic rings. The molecule has 8 heteroatoms. The van der Waals surface area contributed by atoms with E-state index >= 15 is 0 Å². The van der Waals surface area contributed by atoms with Crippen LogP contribution in [0.4, 0.5) is 4.39 Å². The number of fused-ring (bicyclic) bond motifs is 2. The molecular formula is C28H39FO7. The first-order valence-corrected chi connectivity index (χ1v) is 13.1. The molecule has 2 saturated carbocycles. The van der Waals surface area contributed by atoms with Gasteiger partial charge in [-0.1, -0.05) is 44.1 Å². The van der Waals surface area contributed by atoms with Crippen molar-refractivity contribution in [2.45, 2.75) is 82.8 Å². The number of halogens is 1. The lowest BCUT2D eigenvalue weighted by Crippen LogP contribution is -2.40. The fraction of sp³-hybridized carbons (Fsp3) is 0.643. The minimum Gasteiger partial charge on any atom is -0.460 e. The molecule has 200 valence electrons. The van der Waals surface area contributed by atoms with Crippen LogP contribution in [0, 0.1) is 29.5 Å². The molecule has 1 aromatic carbocycles. The average Bonchev–Trinajstić information content (AvgIpc) is 3.13. The summed E-state index contributed by atoms with van der Waals surface area (Å²) in [4.78, 5) is 29.9. The van der Waals surface area contributed by atoms with Crippen molar-refractivity contribution in [3.05, 3.63) is 47.8 Å². The summed E-state index contributed by atoms with van der Waals surface area (Å²) in [6.07, 6.45) is 7.69. The van der Waals surface area contributed by atoms with Crippen LogP contribution in [-0.4, -0.2) is 46.2 Å². The zero-order valence-corrected chi connectivity index (χ0v) is 20.9. The fourth-order valence-electron chi connectivity index (χ4n) is 6.26. The minimum atomic E-state index is -0.864. The lowest BCUT2D eigenvalue weighted by atomic mass is 9.63. The van der Waals surface area contributed by atoms with Crippen LogP contribution < -0.4 is 0 Å². The first kappa shape index (κ1) is 28.3. The highest BCUT2D eigenvalue weighted by molar-refractivity contribution is 5.75. The Labute approximate surface area is 212 Å². The van der Waals surface area contributed by atoms with E-state index in [2.05, 4.69) is 11.8 Å². The molecule has 7 nitrogen and oxygen atoms in total. The number of aliphatic hydroxyl groups excluding tert-OH is 2. The van der Waals surface area contributed by atoms with Gasteiger partial charge in [0, 0.05) is 6.42 Å². The van der Waals surface area contributed by atoms with Crippen molar-refractivity contribution >= 4 is 11.9 Å². The largest absolute Gasteiger partial charge is 0.460 e. The highest BCUT2D eigenvalue weighted by Crippen LogP contribution is 2.56. The lowest BCUT2D eigenvalue weighted by Gasteiger charge is -2.40. The lowest BCUT2D eigenvalue weighted by molar-refractivity contribution is -0.243.